The van der Waals surface area contributed by atoms with Gasteiger partial charge in [0.05, 0.1) is 19.5 Å². The number of anilines is 1. The first-order chi connectivity index (χ1) is 18.2. The van der Waals surface area contributed by atoms with E-state index in [1.54, 1.807) is 0 Å². The minimum atomic E-state index is -5.35. The average molecular weight is 601 g/mol. The summed E-state index contributed by atoms with van der Waals surface area (Å²) < 4.78 is 54.2. The van der Waals surface area contributed by atoms with E-state index in [1.165, 1.54) is 10.9 Å². The third kappa shape index (κ3) is 6.60. The van der Waals surface area contributed by atoms with E-state index in [0.717, 1.165) is 13.3 Å². The summed E-state index contributed by atoms with van der Waals surface area (Å²) in [5, 5.41) is 40.5. The summed E-state index contributed by atoms with van der Waals surface area (Å²) >= 11 is 0. The monoisotopic (exact) mass is 601 g/mol. The summed E-state index contributed by atoms with van der Waals surface area (Å²) in [5.41, 5.74) is 6.08. The van der Waals surface area contributed by atoms with Crippen LogP contribution in [0.15, 0.2) is 12.7 Å². The normalized spacial score (nSPS) is 34.1. The Morgan fingerprint density at radius 2 is 1.56 bits per heavy atom. The van der Waals surface area contributed by atoms with Gasteiger partial charge in [-0.15, -0.1) is 0 Å². The number of phosphoric ester groups is 2. The van der Waals surface area contributed by atoms with Crippen LogP contribution in [0.1, 0.15) is 13.2 Å². The fourth-order valence-electron chi connectivity index (χ4n) is 3.78. The first-order valence-electron chi connectivity index (χ1n) is 11.0. The summed E-state index contributed by atoms with van der Waals surface area (Å²) in [4.78, 5) is 42.5. The van der Waals surface area contributed by atoms with E-state index in [4.69, 9.17) is 15.2 Å². The lowest BCUT2D eigenvalue weighted by Gasteiger charge is -2.20. The summed E-state index contributed by atoms with van der Waals surface area (Å²) in [6.45, 7) is -0.815. The standard InChI is InChI=1S/C17H25N5O15P2/c1-6(23)34-17-13(27)11(25)8(36-17)3-33-39(30,31)37-38(28,29)32-2-7-10(24)12(26)16(35-7)22-5-21-9-14(18)19-4-20-15(9)22/h4-5,7-8,10-13,16-17,24-27H,2-3H2,1H3,(H,28,29)(H,30,31)(H2,18,19,20)/t7-,8-,10-,11-,12-,13-,16-,17?/m1/s1. The van der Waals surface area contributed by atoms with Crippen molar-refractivity contribution in [2.75, 3.05) is 18.9 Å². The van der Waals surface area contributed by atoms with Gasteiger partial charge in [-0.2, -0.15) is 4.31 Å². The van der Waals surface area contributed by atoms with Gasteiger partial charge in [0.2, 0.25) is 6.29 Å². The first-order valence-corrected chi connectivity index (χ1v) is 14.0. The highest BCUT2D eigenvalue weighted by Gasteiger charge is 2.48. The number of fused-ring (bicyclic) bond motifs is 1. The van der Waals surface area contributed by atoms with Gasteiger partial charge in [0.15, 0.2) is 17.7 Å². The van der Waals surface area contributed by atoms with E-state index in [-0.39, 0.29) is 17.0 Å². The van der Waals surface area contributed by atoms with E-state index in [2.05, 4.69) is 33.0 Å². The van der Waals surface area contributed by atoms with Crippen molar-refractivity contribution in [3.63, 3.8) is 0 Å². The number of ether oxygens (including phenoxy) is 3. The van der Waals surface area contributed by atoms with Crippen LogP contribution in [0.5, 0.6) is 0 Å². The number of carbonyl (C=O) groups is 1. The Morgan fingerprint density at radius 1 is 0.974 bits per heavy atom. The zero-order valence-electron chi connectivity index (χ0n) is 19.8. The van der Waals surface area contributed by atoms with Gasteiger partial charge >= 0.3 is 21.6 Å². The number of hydrogen-bond donors (Lipinski definition) is 7. The van der Waals surface area contributed by atoms with Crippen LogP contribution in [-0.4, -0.2) is 112 Å². The number of rotatable bonds is 10. The van der Waals surface area contributed by atoms with Gasteiger partial charge in [0, 0.05) is 6.92 Å². The van der Waals surface area contributed by atoms with Crippen LogP contribution in [0, 0.1) is 0 Å². The Labute approximate surface area is 218 Å². The van der Waals surface area contributed by atoms with Crippen LogP contribution in [0.3, 0.4) is 0 Å². The third-order valence-electron chi connectivity index (χ3n) is 5.61. The van der Waals surface area contributed by atoms with Gasteiger partial charge in [-0.05, 0) is 0 Å². The highest BCUT2D eigenvalue weighted by atomic mass is 31.3. The number of aliphatic hydroxyl groups is 4. The summed E-state index contributed by atoms with van der Waals surface area (Å²) in [6, 6.07) is 0. The van der Waals surface area contributed by atoms with E-state index in [1.807, 2.05) is 0 Å². The molecule has 0 bridgehead atoms. The molecule has 3 unspecified atom stereocenters. The third-order valence-corrected chi connectivity index (χ3v) is 8.21. The van der Waals surface area contributed by atoms with Crippen LogP contribution in [-0.2, 0) is 41.5 Å². The minimum absolute atomic E-state index is 0.0510. The molecule has 2 aromatic rings. The first kappa shape index (κ1) is 29.8. The van der Waals surface area contributed by atoms with Crippen LogP contribution in [0.4, 0.5) is 5.82 Å². The lowest BCUT2D eigenvalue weighted by atomic mass is 10.1. The van der Waals surface area contributed by atoms with Crippen LogP contribution >= 0.6 is 15.6 Å². The van der Waals surface area contributed by atoms with Crippen molar-refractivity contribution in [3.05, 3.63) is 12.7 Å². The topological polar surface area (TPSA) is 298 Å². The lowest BCUT2D eigenvalue weighted by Crippen LogP contribution is -2.35. The van der Waals surface area contributed by atoms with Crippen molar-refractivity contribution in [1.29, 1.82) is 0 Å². The van der Waals surface area contributed by atoms with Crippen molar-refractivity contribution in [1.82, 2.24) is 19.5 Å². The molecule has 0 aromatic carbocycles. The molecule has 39 heavy (non-hydrogen) atoms. The molecule has 2 saturated heterocycles. The number of nitrogens with two attached hydrogens (primary N) is 1. The van der Waals surface area contributed by atoms with E-state index >= 15 is 0 Å². The van der Waals surface area contributed by atoms with Gasteiger partial charge in [-0.1, -0.05) is 0 Å². The SMILES string of the molecule is CC(=O)OC1O[C@H](COP(=O)(O)OP(=O)(O)OC[C@H]2O[C@@H](n3cnc4c(N)ncnc43)[C@H](O)[C@@H]2O)[C@@H](O)[C@H]1O. The smallest absolute Gasteiger partial charge is 0.433 e. The minimum Gasteiger partial charge on any atom is -0.433 e. The molecule has 10 atom stereocenters. The van der Waals surface area contributed by atoms with Crippen LogP contribution in [0.25, 0.3) is 11.2 Å². The fraction of sp³-hybridized carbons (Fsp3) is 0.647. The van der Waals surface area contributed by atoms with Gasteiger partial charge in [0.25, 0.3) is 0 Å². The number of esters is 1. The molecular formula is C17H25N5O15P2. The molecule has 4 heterocycles. The van der Waals surface area contributed by atoms with Crippen molar-refractivity contribution < 1.29 is 71.7 Å². The highest BCUT2D eigenvalue weighted by Crippen LogP contribution is 2.60. The maximum atomic E-state index is 12.3. The molecule has 8 N–H and O–H groups in total. The zero-order valence-corrected chi connectivity index (χ0v) is 21.6. The largest absolute Gasteiger partial charge is 0.481 e. The molecule has 2 aliphatic heterocycles. The number of hydrogen-bond acceptors (Lipinski definition) is 17. The summed E-state index contributed by atoms with van der Waals surface area (Å²) in [6.07, 6.45) is -10.0. The Hall–Kier alpha value is -2.16. The Bertz CT molecular complexity index is 1300. The molecule has 0 amide bonds. The van der Waals surface area contributed by atoms with E-state index in [9.17, 15) is 44.1 Å². The molecule has 0 spiro atoms. The maximum absolute atomic E-state index is 12.3. The molecule has 0 radical (unpaired) electrons. The Kier molecular flexibility index (Phi) is 8.70. The second-order valence-electron chi connectivity index (χ2n) is 8.37. The summed E-state index contributed by atoms with van der Waals surface area (Å²) in [5.74, 6) is -0.787. The molecule has 4 rings (SSSR count). The van der Waals surface area contributed by atoms with Gasteiger partial charge in [0.1, 0.15) is 48.5 Å². The number of aromatic nitrogens is 4. The van der Waals surface area contributed by atoms with Crippen molar-refractivity contribution in [3.8, 4) is 0 Å². The molecule has 0 aliphatic carbocycles. The average Bonchev–Trinajstić information content (AvgIpc) is 3.47. The highest BCUT2D eigenvalue weighted by molar-refractivity contribution is 7.61. The molecule has 218 valence electrons. The maximum Gasteiger partial charge on any atom is 0.481 e. The number of carbonyl (C=O) groups excluding carboxylic acids is 1. The molecule has 22 heteroatoms. The van der Waals surface area contributed by atoms with Crippen molar-refractivity contribution in [2.45, 2.75) is 56.1 Å². The van der Waals surface area contributed by atoms with Gasteiger partial charge in [-0.3, -0.25) is 18.4 Å². The Balaban J connectivity index is 1.32. The van der Waals surface area contributed by atoms with Crippen molar-refractivity contribution >= 4 is 38.6 Å². The quantitative estimate of drug-likeness (QED) is 0.107. The van der Waals surface area contributed by atoms with Crippen LogP contribution < -0.4 is 5.73 Å². The van der Waals surface area contributed by atoms with Crippen molar-refractivity contribution in [2.24, 2.45) is 0 Å². The predicted molar refractivity (Wildman–Crippen MR) is 121 cm³/mol. The van der Waals surface area contributed by atoms with E-state index < -0.39 is 84.0 Å². The Morgan fingerprint density at radius 3 is 2.18 bits per heavy atom. The van der Waals surface area contributed by atoms with Gasteiger partial charge < -0.3 is 50.2 Å². The lowest BCUT2D eigenvalue weighted by molar-refractivity contribution is -0.187. The van der Waals surface area contributed by atoms with Gasteiger partial charge in [-0.25, -0.2) is 24.1 Å². The number of nitrogens with zero attached hydrogens (tertiary/aromatic N) is 4. The fourth-order valence-corrected chi connectivity index (χ4v) is 5.87. The second kappa shape index (κ2) is 11.4. The number of aliphatic hydroxyl groups excluding tert-OH is 4. The molecule has 0 saturated carbocycles. The number of nitrogen functional groups attached to an aromatic ring is 1. The second-order valence-corrected chi connectivity index (χ2v) is 11.4. The molecule has 2 fully saturated rings. The molecule has 2 aromatic heterocycles. The molecular weight excluding hydrogens is 576 g/mol. The van der Waals surface area contributed by atoms with Crippen LogP contribution in [0.2, 0.25) is 0 Å². The number of phosphoric acid groups is 2. The number of imidazole rings is 1. The predicted octanol–water partition coefficient (Wildman–Crippen LogP) is -2.71. The molecule has 20 nitrogen and oxygen atoms in total. The molecule has 2 aliphatic rings. The van der Waals surface area contributed by atoms with E-state index in [0.29, 0.717) is 0 Å². The summed E-state index contributed by atoms with van der Waals surface area (Å²) in [7, 11) is -10.7. The zero-order chi connectivity index (χ0) is 28.7.